The normalized spacial score (nSPS) is 22.6. The molecule has 1 heterocycles. The number of hydrogen-bond acceptors (Lipinski definition) is 3. The third-order valence-corrected chi connectivity index (χ3v) is 7.04. The van der Waals surface area contributed by atoms with Gasteiger partial charge in [0, 0.05) is 10.2 Å². The molecule has 3 amide bonds. The number of rotatable bonds is 5. The van der Waals surface area contributed by atoms with Gasteiger partial charge in [-0.25, -0.2) is 0 Å². The number of halogens is 3. The van der Waals surface area contributed by atoms with Crippen LogP contribution in [-0.4, -0.2) is 23.8 Å². The van der Waals surface area contributed by atoms with Gasteiger partial charge in [0.15, 0.2) is 0 Å². The molecule has 0 aromatic heterocycles. The zero-order valence-electron chi connectivity index (χ0n) is 17.9. The minimum absolute atomic E-state index is 0.102. The van der Waals surface area contributed by atoms with Gasteiger partial charge in [0.1, 0.15) is 10.5 Å². The second kappa shape index (κ2) is 9.12. The molecule has 0 saturated heterocycles. The van der Waals surface area contributed by atoms with Crippen LogP contribution in [0.5, 0.6) is 0 Å². The molecule has 2 aromatic rings. The van der Waals surface area contributed by atoms with Gasteiger partial charge in [-0.05, 0) is 53.8 Å². The molecule has 1 saturated carbocycles. The summed E-state index contributed by atoms with van der Waals surface area (Å²) in [6.07, 6.45) is 1.47. The van der Waals surface area contributed by atoms with Gasteiger partial charge in [0.05, 0.1) is 23.7 Å². The Hall–Kier alpha value is -2.35. The minimum atomic E-state index is -0.990. The van der Waals surface area contributed by atoms with Gasteiger partial charge in [0.2, 0.25) is 17.7 Å². The van der Waals surface area contributed by atoms with Gasteiger partial charge in [-0.15, -0.1) is 0 Å². The van der Waals surface area contributed by atoms with E-state index in [0.717, 1.165) is 4.47 Å². The van der Waals surface area contributed by atoms with Crippen LogP contribution >= 0.6 is 39.1 Å². The van der Waals surface area contributed by atoms with Crippen LogP contribution in [0.4, 0.5) is 17.1 Å². The van der Waals surface area contributed by atoms with Crippen LogP contribution in [0.2, 0.25) is 0 Å². The highest BCUT2D eigenvalue weighted by Crippen LogP contribution is 2.61. The number of nitrogens with one attached hydrogen (secondary N) is 2. The van der Waals surface area contributed by atoms with Crippen molar-refractivity contribution in [2.24, 2.45) is 17.3 Å². The molecular formula is C24H22BrCl2N3O3. The number of allylic oxidation sites excluding steroid dienone is 1. The lowest BCUT2D eigenvalue weighted by Gasteiger charge is -2.36. The van der Waals surface area contributed by atoms with E-state index in [1.807, 2.05) is 13.8 Å². The number of benzene rings is 2. The topological polar surface area (TPSA) is 78.5 Å². The molecule has 0 radical (unpaired) electrons. The number of carbonyl (C=O) groups excluding carboxylic acids is 3. The van der Waals surface area contributed by atoms with E-state index in [9.17, 15) is 14.4 Å². The first-order valence-electron chi connectivity index (χ1n) is 10.4. The number of anilines is 3. The summed E-state index contributed by atoms with van der Waals surface area (Å²) in [4.78, 5) is 41.1. The molecule has 172 valence electrons. The molecule has 1 aliphatic heterocycles. The van der Waals surface area contributed by atoms with Crippen molar-refractivity contribution in [1.29, 1.82) is 0 Å². The lowest BCUT2D eigenvalue weighted by molar-refractivity contribution is -0.127. The van der Waals surface area contributed by atoms with Gasteiger partial charge >= 0.3 is 0 Å². The van der Waals surface area contributed by atoms with E-state index < -0.39 is 17.9 Å². The van der Waals surface area contributed by atoms with Crippen molar-refractivity contribution in [1.82, 2.24) is 0 Å². The second-order valence-electron chi connectivity index (χ2n) is 8.77. The van der Waals surface area contributed by atoms with Crippen molar-refractivity contribution in [2.45, 2.75) is 26.3 Å². The van der Waals surface area contributed by atoms with Gasteiger partial charge in [-0.1, -0.05) is 65.1 Å². The summed E-state index contributed by atoms with van der Waals surface area (Å²) in [5, 5.41) is 5.62. The number of carbonyl (C=O) groups is 3. The molecule has 0 spiro atoms. The average molecular weight is 551 g/mol. The Balaban J connectivity index is 1.63. The lowest BCUT2D eigenvalue weighted by Crippen LogP contribution is -2.53. The van der Waals surface area contributed by atoms with Crippen molar-refractivity contribution < 1.29 is 14.4 Å². The van der Waals surface area contributed by atoms with E-state index in [-0.39, 0.29) is 34.1 Å². The Bertz CT molecular complexity index is 1150. The van der Waals surface area contributed by atoms with Crippen molar-refractivity contribution in [3.8, 4) is 0 Å². The summed E-state index contributed by atoms with van der Waals surface area (Å²) in [7, 11) is 0. The van der Waals surface area contributed by atoms with Gasteiger partial charge in [-0.3, -0.25) is 19.3 Å². The van der Waals surface area contributed by atoms with Crippen LogP contribution in [0.1, 0.15) is 20.3 Å². The van der Waals surface area contributed by atoms with Crippen molar-refractivity contribution in [3.05, 3.63) is 63.6 Å². The highest BCUT2D eigenvalue weighted by atomic mass is 79.9. The first-order valence-corrected chi connectivity index (χ1v) is 12.0. The van der Waals surface area contributed by atoms with Crippen LogP contribution in [-0.2, 0) is 14.4 Å². The molecular weight excluding hydrogens is 529 g/mol. The average Bonchev–Trinajstić information content (AvgIpc) is 3.28. The van der Waals surface area contributed by atoms with Crippen LogP contribution < -0.4 is 15.5 Å². The third-order valence-electron chi connectivity index (χ3n) is 6.26. The van der Waals surface area contributed by atoms with E-state index in [1.54, 1.807) is 54.6 Å². The molecule has 1 fully saturated rings. The monoisotopic (exact) mass is 549 g/mol. The Labute approximate surface area is 210 Å². The van der Waals surface area contributed by atoms with E-state index in [1.165, 1.54) is 4.90 Å². The first-order chi connectivity index (χ1) is 15.6. The predicted molar refractivity (Wildman–Crippen MR) is 134 cm³/mol. The predicted octanol–water partition coefficient (Wildman–Crippen LogP) is 5.72. The van der Waals surface area contributed by atoms with Crippen molar-refractivity contribution in [2.75, 3.05) is 15.5 Å². The number of amides is 3. The largest absolute Gasteiger partial charge is 0.326 e. The van der Waals surface area contributed by atoms with Crippen molar-refractivity contribution in [3.63, 3.8) is 0 Å². The smallest absolute Gasteiger partial charge is 0.248 e. The Morgan fingerprint density at radius 1 is 1.15 bits per heavy atom. The number of para-hydroxylation sites is 2. The fourth-order valence-corrected chi connectivity index (χ4v) is 4.95. The fraction of sp³-hybridized carbons (Fsp3) is 0.292. The summed E-state index contributed by atoms with van der Waals surface area (Å²) < 4.78 is 0.985. The molecule has 33 heavy (non-hydrogen) atoms. The zero-order chi connectivity index (χ0) is 23.9. The second-order valence-corrected chi connectivity index (χ2v) is 10.7. The maximum atomic E-state index is 13.8. The summed E-state index contributed by atoms with van der Waals surface area (Å²) in [5.74, 6) is -1.59. The maximum absolute atomic E-state index is 13.8. The Morgan fingerprint density at radius 3 is 2.48 bits per heavy atom. The molecule has 3 unspecified atom stereocenters. The SMILES string of the molecule is CC1(C)C(C=C(Cl)Cl)C1C(=O)N1c2ccccc2NC(=O)C1CC(=O)Nc1ccc(Br)cc1. The third kappa shape index (κ3) is 4.81. The lowest BCUT2D eigenvalue weighted by atomic mass is 10.0. The van der Waals surface area contributed by atoms with E-state index >= 15 is 0 Å². The number of fused-ring (bicyclic) bond motifs is 1. The van der Waals surface area contributed by atoms with Gasteiger partial charge in [0.25, 0.3) is 0 Å². The van der Waals surface area contributed by atoms with E-state index in [4.69, 9.17) is 23.2 Å². The molecule has 6 nitrogen and oxygen atoms in total. The Kier molecular flexibility index (Phi) is 6.58. The molecule has 2 aliphatic rings. The van der Waals surface area contributed by atoms with E-state index in [0.29, 0.717) is 17.1 Å². The molecule has 2 N–H and O–H groups in total. The molecule has 0 bridgehead atoms. The van der Waals surface area contributed by atoms with Gasteiger partial charge in [-0.2, -0.15) is 0 Å². The minimum Gasteiger partial charge on any atom is -0.326 e. The number of hydrogen-bond donors (Lipinski definition) is 2. The quantitative estimate of drug-likeness (QED) is 0.499. The summed E-state index contributed by atoms with van der Waals surface area (Å²) in [6, 6.07) is 13.2. The fourth-order valence-electron chi connectivity index (χ4n) is 4.41. The standard InChI is InChI=1S/C24H22BrCl2N3O3/c1-24(2)15(11-19(26)27)21(24)23(33)30-17-6-4-3-5-16(17)29-22(32)18(30)12-20(31)28-14-9-7-13(25)8-10-14/h3-11,15,18,21H,12H2,1-2H3,(H,28,31)(H,29,32). The summed E-state index contributed by atoms with van der Waals surface area (Å²) >= 11 is 15.1. The molecule has 3 atom stereocenters. The summed E-state index contributed by atoms with van der Waals surface area (Å²) in [6.45, 7) is 3.91. The zero-order valence-corrected chi connectivity index (χ0v) is 21.0. The first kappa shape index (κ1) is 23.8. The van der Waals surface area contributed by atoms with Crippen LogP contribution in [0.3, 0.4) is 0 Å². The molecule has 1 aliphatic carbocycles. The molecule has 2 aromatic carbocycles. The Morgan fingerprint density at radius 2 is 1.82 bits per heavy atom. The van der Waals surface area contributed by atoms with Crippen LogP contribution in [0, 0.1) is 17.3 Å². The van der Waals surface area contributed by atoms with Crippen LogP contribution in [0.25, 0.3) is 0 Å². The van der Waals surface area contributed by atoms with E-state index in [2.05, 4.69) is 26.6 Å². The number of nitrogens with zero attached hydrogens (tertiary/aromatic N) is 1. The molecule has 9 heteroatoms. The van der Waals surface area contributed by atoms with Gasteiger partial charge < -0.3 is 10.6 Å². The van der Waals surface area contributed by atoms with Crippen molar-refractivity contribution >= 4 is 73.9 Å². The maximum Gasteiger partial charge on any atom is 0.248 e. The molecule has 4 rings (SSSR count). The summed E-state index contributed by atoms with van der Waals surface area (Å²) in [5.41, 5.74) is 1.31. The van der Waals surface area contributed by atoms with Crippen LogP contribution in [0.15, 0.2) is 63.6 Å². The highest BCUT2D eigenvalue weighted by molar-refractivity contribution is 9.10. The highest BCUT2D eigenvalue weighted by Gasteiger charge is 2.62.